The third-order valence-corrected chi connectivity index (χ3v) is 1.03. The predicted molar refractivity (Wildman–Crippen MR) is 32.6 cm³/mol. The molecule has 50 valence electrons. The Morgan fingerprint density at radius 2 is 2.67 bits per heavy atom. The highest BCUT2D eigenvalue weighted by Crippen LogP contribution is 2.04. The molecule has 0 spiro atoms. The Morgan fingerprint density at radius 1 is 1.89 bits per heavy atom. The standard InChI is InChI=1S/C5H9N3O/c1-2-3-8-4-5(9)6-7-8/h2,5,9H,1,3-4H2. The van der Waals surface area contributed by atoms with E-state index in [0.717, 1.165) is 0 Å². The molecule has 0 radical (unpaired) electrons. The lowest BCUT2D eigenvalue weighted by molar-refractivity contribution is 0.170. The van der Waals surface area contributed by atoms with E-state index in [0.29, 0.717) is 13.1 Å². The molecule has 1 rings (SSSR count). The molecule has 1 aliphatic heterocycles. The van der Waals surface area contributed by atoms with Crippen molar-refractivity contribution in [3.63, 3.8) is 0 Å². The molecule has 0 bridgehead atoms. The normalized spacial score (nSPS) is 25.0. The first-order valence-electron chi connectivity index (χ1n) is 2.77. The molecule has 1 atom stereocenters. The Morgan fingerprint density at radius 3 is 3.11 bits per heavy atom. The monoisotopic (exact) mass is 127 g/mol. The number of hydrogen-bond donors (Lipinski definition) is 1. The number of aliphatic hydroxyl groups is 1. The molecule has 4 nitrogen and oxygen atoms in total. The molecule has 1 aliphatic rings. The van der Waals surface area contributed by atoms with Gasteiger partial charge in [-0.25, -0.2) is 0 Å². The smallest absolute Gasteiger partial charge is 0.187 e. The minimum atomic E-state index is -0.634. The fourth-order valence-corrected chi connectivity index (χ4v) is 0.654. The maximum atomic E-state index is 8.79. The lowest BCUT2D eigenvalue weighted by atomic mass is 10.5. The summed E-state index contributed by atoms with van der Waals surface area (Å²) < 4.78 is 0. The quantitative estimate of drug-likeness (QED) is 0.537. The van der Waals surface area contributed by atoms with E-state index in [9.17, 15) is 0 Å². The third-order valence-electron chi connectivity index (χ3n) is 1.03. The van der Waals surface area contributed by atoms with E-state index in [1.165, 1.54) is 0 Å². The minimum absolute atomic E-state index is 0.492. The van der Waals surface area contributed by atoms with Gasteiger partial charge in [-0.1, -0.05) is 11.3 Å². The van der Waals surface area contributed by atoms with E-state index in [1.807, 2.05) is 0 Å². The van der Waals surface area contributed by atoms with Crippen LogP contribution in [0.4, 0.5) is 0 Å². The van der Waals surface area contributed by atoms with Gasteiger partial charge in [0.25, 0.3) is 0 Å². The average molecular weight is 127 g/mol. The number of hydrogen-bond acceptors (Lipinski definition) is 4. The van der Waals surface area contributed by atoms with Crippen molar-refractivity contribution in [3.8, 4) is 0 Å². The van der Waals surface area contributed by atoms with Crippen molar-refractivity contribution in [2.75, 3.05) is 13.1 Å². The fraction of sp³-hybridized carbons (Fsp3) is 0.600. The van der Waals surface area contributed by atoms with Crippen LogP contribution in [0.25, 0.3) is 0 Å². The number of aliphatic hydroxyl groups excluding tert-OH is 1. The van der Waals surface area contributed by atoms with Gasteiger partial charge in [0.2, 0.25) is 0 Å². The zero-order valence-electron chi connectivity index (χ0n) is 5.06. The van der Waals surface area contributed by atoms with Crippen molar-refractivity contribution in [2.24, 2.45) is 10.3 Å². The van der Waals surface area contributed by atoms with Gasteiger partial charge < -0.3 is 5.11 Å². The van der Waals surface area contributed by atoms with Gasteiger partial charge in [-0.2, -0.15) is 0 Å². The summed E-state index contributed by atoms with van der Waals surface area (Å²) in [7, 11) is 0. The van der Waals surface area contributed by atoms with Crippen LogP contribution in [0.3, 0.4) is 0 Å². The summed E-state index contributed by atoms with van der Waals surface area (Å²) in [4.78, 5) is 0. The molecule has 1 unspecified atom stereocenters. The van der Waals surface area contributed by atoms with Crippen LogP contribution >= 0.6 is 0 Å². The van der Waals surface area contributed by atoms with Crippen molar-refractivity contribution in [2.45, 2.75) is 6.23 Å². The minimum Gasteiger partial charge on any atom is -0.369 e. The molecule has 1 N–H and O–H groups in total. The average Bonchev–Trinajstić information content (AvgIpc) is 2.17. The van der Waals surface area contributed by atoms with Gasteiger partial charge >= 0.3 is 0 Å². The van der Waals surface area contributed by atoms with Crippen LogP contribution in [0.1, 0.15) is 0 Å². The van der Waals surface area contributed by atoms with Crippen LogP contribution in [0, 0.1) is 0 Å². The highest BCUT2D eigenvalue weighted by molar-refractivity contribution is 4.74. The number of rotatable bonds is 2. The van der Waals surface area contributed by atoms with Gasteiger partial charge in [-0.3, -0.25) is 5.01 Å². The van der Waals surface area contributed by atoms with Gasteiger partial charge in [-0.05, 0) is 0 Å². The summed E-state index contributed by atoms with van der Waals surface area (Å²) in [6.45, 7) is 4.67. The fourth-order valence-electron chi connectivity index (χ4n) is 0.654. The lowest BCUT2D eigenvalue weighted by Gasteiger charge is -2.06. The Labute approximate surface area is 53.5 Å². The molecular formula is C5H9N3O. The van der Waals surface area contributed by atoms with Crippen LogP contribution in [-0.2, 0) is 0 Å². The summed E-state index contributed by atoms with van der Waals surface area (Å²) >= 11 is 0. The zero-order chi connectivity index (χ0) is 6.69. The molecule has 0 amide bonds. The molecule has 9 heavy (non-hydrogen) atoms. The first-order valence-corrected chi connectivity index (χ1v) is 2.77. The van der Waals surface area contributed by atoms with Crippen LogP contribution < -0.4 is 0 Å². The van der Waals surface area contributed by atoms with Crippen LogP contribution in [0.2, 0.25) is 0 Å². The van der Waals surface area contributed by atoms with Crippen LogP contribution in [0.5, 0.6) is 0 Å². The Hall–Kier alpha value is -0.900. The molecule has 0 aromatic rings. The Bertz CT molecular complexity index is 134. The summed E-state index contributed by atoms with van der Waals surface area (Å²) in [5.74, 6) is 0. The zero-order valence-corrected chi connectivity index (χ0v) is 5.06. The van der Waals surface area contributed by atoms with Crippen molar-refractivity contribution in [1.29, 1.82) is 0 Å². The second-order valence-corrected chi connectivity index (χ2v) is 1.85. The second-order valence-electron chi connectivity index (χ2n) is 1.85. The highest BCUT2D eigenvalue weighted by Gasteiger charge is 2.13. The topological polar surface area (TPSA) is 48.2 Å². The van der Waals surface area contributed by atoms with Gasteiger partial charge in [0.15, 0.2) is 6.23 Å². The third kappa shape index (κ3) is 1.50. The lowest BCUT2D eigenvalue weighted by Crippen LogP contribution is -2.20. The Balaban J connectivity index is 2.31. The van der Waals surface area contributed by atoms with Crippen molar-refractivity contribution < 1.29 is 5.11 Å². The van der Waals surface area contributed by atoms with E-state index in [1.54, 1.807) is 11.1 Å². The van der Waals surface area contributed by atoms with Gasteiger partial charge in [-0.15, -0.1) is 11.7 Å². The molecule has 0 saturated heterocycles. The van der Waals surface area contributed by atoms with E-state index in [-0.39, 0.29) is 0 Å². The summed E-state index contributed by atoms with van der Waals surface area (Å²) in [5, 5.41) is 17.6. The summed E-state index contributed by atoms with van der Waals surface area (Å²) in [6, 6.07) is 0. The molecular weight excluding hydrogens is 118 g/mol. The molecule has 0 fully saturated rings. The van der Waals surface area contributed by atoms with Crippen molar-refractivity contribution >= 4 is 0 Å². The molecule has 0 aromatic heterocycles. The molecule has 4 heteroatoms. The SMILES string of the molecule is C=CCN1CC(O)N=N1. The van der Waals surface area contributed by atoms with Crippen molar-refractivity contribution in [1.82, 2.24) is 5.01 Å². The number of β-amino-alcohol motifs (C(OH)–C–C–N with tert-alkyl or cyclic N) is 1. The van der Waals surface area contributed by atoms with E-state index >= 15 is 0 Å². The molecule has 1 heterocycles. The molecule has 0 aromatic carbocycles. The van der Waals surface area contributed by atoms with Gasteiger partial charge in [0.05, 0.1) is 13.1 Å². The first kappa shape index (κ1) is 6.22. The second kappa shape index (κ2) is 2.59. The predicted octanol–water partition coefficient (Wildman–Crippen LogP) is 0.174. The van der Waals surface area contributed by atoms with E-state index in [4.69, 9.17) is 5.11 Å². The van der Waals surface area contributed by atoms with Gasteiger partial charge in [0, 0.05) is 0 Å². The number of nitrogens with zero attached hydrogens (tertiary/aromatic N) is 3. The summed E-state index contributed by atoms with van der Waals surface area (Å²) in [5.41, 5.74) is 0. The van der Waals surface area contributed by atoms with E-state index in [2.05, 4.69) is 16.9 Å². The maximum absolute atomic E-state index is 8.79. The first-order chi connectivity index (χ1) is 4.33. The van der Waals surface area contributed by atoms with Crippen LogP contribution in [-0.4, -0.2) is 29.4 Å². The largest absolute Gasteiger partial charge is 0.369 e. The Kier molecular flexibility index (Phi) is 1.79. The van der Waals surface area contributed by atoms with Gasteiger partial charge in [0.1, 0.15) is 0 Å². The maximum Gasteiger partial charge on any atom is 0.187 e. The molecule has 0 aliphatic carbocycles. The highest BCUT2D eigenvalue weighted by atomic mass is 16.3. The summed E-state index contributed by atoms with van der Waals surface area (Å²) in [6.07, 6.45) is 1.08. The van der Waals surface area contributed by atoms with Crippen LogP contribution in [0.15, 0.2) is 23.0 Å². The molecule has 0 saturated carbocycles. The van der Waals surface area contributed by atoms with E-state index < -0.39 is 6.23 Å². The van der Waals surface area contributed by atoms with Crippen molar-refractivity contribution in [3.05, 3.63) is 12.7 Å².